The maximum Gasteiger partial charge on any atom is 0.303 e. The SMILES string of the molecule is CCSc1ccc(C(C)CC(=O)O)cc1. The molecule has 1 unspecified atom stereocenters. The minimum Gasteiger partial charge on any atom is -0.481 e. The number of thioether (sulfide) groups is 1. The van der Waals surface area contributed by atoms with Crippen molar-refractivity contribution in [3.05, 3.63) is 29.8 Å². The van der Waals surface area contributed by atoms with Crippen molar-refractivity contribution >= 4 is 17.7 Å². The minimum absolute atomic E-state index is 0.0863. The van der Waals surface area contributed by atoms with E-state index >= 15 is 0 Å². The molecule has 15 heavy (non-hydrogen) atoms. The highest BCUT2D eigenvalue weighted by atomic mass is 32.2. The van der Waals surface area contributed by atoms with Crippen molar-refractivity contribution in [3.8, 4) is 0 Å². The van der Waals surface area contributed by atoms with Gasteiger partial charge in [-0.05, 0) is 29.4 Å². The van der Waals surface area contributed by atoms with Crippen molar-refractivity contribution in [2.24, 2.45) is 0 Å². The largest absolute Gasteiger partial charge is 0.481 e. The normalized spacial score (nSPS) is 12.4. The second kappa shape index (κ2) is 5.81. The molecule has 0 spiro atoms. The monoisotopic (exact) mass is 224 g/mol. The van der Waals surface area contributed by atoms with Gasteiger partial charge in [-0.25, -0.2) is 0 Å². The molecule has 0 amide bonds. The van der Waals surface area contributed by atoms with Crippen molar-refractivity contribution in [2.75, 3.05) is 5.75 Å². The van der Waals surface area contributed by atoms with Gasteiger partial charge in [0.25, 0.3) is 0 Å². The lowest BCUT2D eigenvalue weighted by molar-refractivity contribution is -0.137. The van der Waals surface area contributed by atoms with Gasteiger partial charge in [-0.2, -0.15) is 0 Å². The summed E-state index contributed by atoms with van der Waals surface area (Å²) in [6.07, 6.45) is 0.195. The highest BCUT2D eigenvalue weighted by Crippen LogP contribution is 2.23. The van der Waals surface area contributed by atoms with Gasteiger partial charge in [0, 0.05) is 4.90 Å². The highest BCUT2D eigenvalue weighted by molar-refractivity contribution is 7.99. The van der Waals surface area contributed by atoms with Crippen LogP contribution in [0.4, 0.5) is 0 Å². The molecule has 0 saturated heterocycles. The van der Waals surface area contributed by atoms with E-state index in [1.807, 2.05) is 19.1 Å². The molecular weight excluding hydrogens is 208 g/mol. The highest BCUT2D eigenvalue weighted by Gasteiger charge is 2.09. The molecular formula is C12H16O2S. The average molecular weight is 224 g/mol. The Hall–Kier alpha value is -0.960. The molecule has 0 aromatic heterocycles. The van der Waals surface area contributed by atoms with Gasteiger partial charge >= 0.3 is 5.97 Å². The van der Waals surface area contributed by atoms with Gasteiger partial charge in [-0.15, -0.1) is 11.8 Å². The van der Waals surface area contributed by atoms with E-state index < -0.39 is 5.97 Å². The summed E-state index contributed by atoms with van der Waals surface area (Å²) in [5, 5.41) is 8.68. The Morgan fingerprint density at radius 3 is 2.47 bits per heavy atom. The molecule has 1 aromatic carbocycles. The molecule has 0 fully saturated rings. The van der Waals surface area contributed by atoms with Crippen LogP contribution in [0.25, 0.3) is 0 Å². The third-order valence-electron chi connectivity index (χ3n) is 2.24. The molecule has 0 aliphatic rings. The van der Waals surface area contributed by atoms with Crippen molar-refractivity contribution in [1.82, 2.24) is 0 Å². The lowest BCUT2D eigenvalue weighted by Gasteiger charge is -2.09. The molecule has 0 saturated carbocycles. The van der Waals surface area contributed by atoms with Crippen LogP contribution in [0, 0.1) is 0 Å². The molecule has 1 N–H and O–H groups in total. The minimum atomic E-state index is -0.741. The van der Waals surface area contributed by atoms with Crippen LogP contribution in [0.3, 0.4) is 0 Å². The van der Waals surface area contributed by atoms with Crippen LogP contribution in [-0.2, 0) is 4.79 Å². The van der Waals surface area contributed by atoms with E-state index in [2.05, 4.69) is 19.1 Å². The Bertz CT molecular complexity index is 319. The molecule has 0 heterocycles. The van der Waals surface area contributed by atoms with Gasteiger partial charge < -0.3 is 5.11 Å². The van der Waals surface area contributed by atoms with Crippen LogP contribution < -0.4 is 0 Å². The van der Waals surface area contributed by atoms with Crippen LogP contribution in [0.15, 0.2) is 29.2 Å². The standard InChI is InChI=1S/C12H16O2S/c1-3-15-11-6-4-10(5-7-11)9(2)8-12(13)14/h4-7,9H,3,8H2,1-2H3,(H,13,14). The molecule has 0 aliphatic carbocycles. The molecule has 1 atom stereocenters. The summed E-state index contributed by atoms with van der Waals surface area (Å²) in [6, 6.07) is 8.15. The second-order valence-corrected chi connectivity index (χ2v) is 4.84. The molecule has 1 aromatic rings. The van der Waals surface area contributed by atoms with E-state index in [1.165, 1.54) is 4.90 Å². The number of benzene rings is 1. The quantitative estimate of drug-likeness (QED) is 0.779. The molecule has 0 bridgehead atoms. The maximum absolute atomic E-state index is 10.5. The van der Waals surface area contributed by atoms with Gasteiger partial charge in [0.1, 0.15) is 0 Å². The summed E-state index contributed by atoms with van der Waals surface area (Å²) >= 11 is 1.79. The zero-order chi connectivity index (χ0) is 11.3. The first-order chi connectivity index (χ1) is 7.13. The van der Waals surface area contributed by atoms with Crippen LogP contribution in [-0.4, -0.2) is 16.8 Å². The first-order valence-corrected chi connectivity index (χ1v) is 6.06. The van der Waals surface area contributed by atoms with Crippen LogP contribution in [0.2, 0.25) is 0 Å². The van der Waals surface area contributed by atoms with Crippen LogP contribution in [0.1, 0.15) is 31.7 Å². The first-order valence-electron chi connectivity index (χ1n) is 5.08. The number of aliphatic carboxylic acids is 1. The summed E-state index contributed by atoms with van der Waals surface area (Å²) in [7, 11) is 0. The summed E-state index contributed by atoms with van der Waals surface area (Å²) in [6.45, 7) is 4.06. The van der Waals surface area contributed by atoms with Crippen LogP contribution in [0.5, 0.6) is 0 Å². The number of carboxylic acids is 1. The molecule has 0 radical (unpaired) electrons. The van der Waals surface area contributed by atoms with Gasteiger partial charge in [-0.3, -0.25) is 4.79 Å². The van der Waals surface area contributed by atoms with Crippen molar-refractivity contribution in [2.45, 2.75) is 31.1 Å². The lowest BCUT2D eigenvalue weighted by atomic mass is 9.98. The van der Waals surface area contributed by atoms with Crippen LogP contribution >= 0.6 is 11.8 Å². The third kappa shape index (κ3) is 3.96. The number of carbonyl (C=O) groups is 1. The van der Waals surface area contributed by atoms with Gasteiger partial charge in [0.2, 0.25) is 0 Å². The number of carboxylic acid groups (broad SMARTS) is 1. The van der Waals surface area contributed by atoms with E-state index in [-0.39, 0.29) is 12.3 Å². The maximum atomic E-state index is 10.5. The fourth-order valence-corrected chi connectivity index (χ4v) is 2.10. The summed E-state index contributed by atoms with van der Waals surface area (Å²) in [5.41, 5.74) is 1.10. The number of hydrogen-bond acceptors (Lipinski definition) is 2. The summed E-state index contributed by atoms with van der Waals surface area (Å²) in [5.74, 6) is 0.405. The van der Waals surface area contributed by atoms with E-state index in [0.29, 0.717) is 0 Å². The zero-order valence-corrected chi connectivity index (χ0v) is 9.88. The first kappa shape index (κ1) is 12.1. The molecule has 82 valence electrons. The predicted molar refractivity (Wildman–Crippen MR) is 63.5 cm³/mol. The van der Waals surface area contributed by atoms with Crippen molar-refractivity contribution < 1.29 is 9.90 Å². The Balaban J connectivity index is 2.66. The Morgan fingerprint density at radius 1 is 1.40 bits per heavy atom. The predicted octanol–water partition coefficient (Wildman–Crippen LogP) is 3.38. The fourth-order valence-electron chi connectivity index (χ4n) is 1.44. The topological polar surface area (TPSA) is 37.3 Å². The summed E-state index contributed by atoms with van der Waals surface area (Å²) in [4.78, 5) is 11.8. The van der Waals surface area contributed by atoms with Gasteiger partial charge in [0.05, 0.1) is 6.42 Å². The van der Waals surface area contributed by atoms with E-state index in [1.54, 1.807) is 11.8 Å². The van der Waals surface area contributed by atoms with E-state index in [4.69, 9.17) is 5.11 Å². The Labute approximate surface area is 94.7 Å². The molecule has 1 rings (SSSR count). The van der Waals surface area contributed by atoms with Gasteiger partial charge in [-0.1, -0.05) is 26.0 Å². The van der Waals surface area contributed by atoms with Gasteiger partial charge in [0.15, 0.2) is 0 Å². The van der Waals surface area contributed by atoms with E-state index in [0.717, 1.165) is 11.3 Å². The smallest absolute Gasteiger partial charge is 0.303 e. The average Bonchev–Trinajstić information content (AvgIpc) is 2.18. The Kier molecular flexibility index (Phi) is 4.69. The molecule has 3 heteroatoms. The second-order valence-electron chi connectivity index (χ2n) is 3.50. The molecule has 0 aliphatic heterocycles. The molecule has 2 nitrogen and oxygen atoms in total. The van der Waals surface area contributed by atoms with E-state index in [9.17, 15) is 4.79 Å². The Morgan fingerprint density at radius 2 is 2.00 bits per heavy atom. The zero-order valence-electron chi connectivity index (χ0n) is 9.06. The fraction of sp³-hybridized carbons (Fsp3) is 0.417. The third-order valence-corrected chi connectivity index (χ3v) is 3.14. The number of hydrogen-bond donors (Lipinski definition) is 1. The van der Waals surface area contributed by atoms with Crippen molar-refractivity contribution in [3.63, 3.8) is 0 Å². The van der Waals surface area contributed by atoms with Crippen molar-refractivity contribution in [1.29, 1.82) is 0 Å². The lowest BCUT2D eigenvalue weighted by Crippen LogP contribution is -2.02. The summed E-state index contributed by atoms with van der Waals surface area (Å²) < 4.78 is 0. The number of rotatable bonds is 5.